The Labute approximate surface area is 123 Å². The second kappa shape index (κ2) is 8.53. The van der Waals surface area contributed by atoms with E-state index in [-0.39, 0.29) is 6.10 Å². The van der Waals surface area contributed by atoms with Crippen molar-refractivity contribution in [1.29, 1.82) is 0 Å². The predicted molar refractivity (Wildman–Crippen MR) is 80.7 cm³/mol. The third-order valence-electron chi connectivity index (χ3n) is 2.69. The van der Waals surface area contributed by atoms with Crippen molar-refractivity contribution in [3.05, 3.63) is 28.2 Å². The van der Waals surface area contributed by atoms with E-state index in [0.717, 1.165) is 15.7 Å². The summed E-state index contributed by atoms with van der Waals surface area (Å²) in [5.74, 6) is 0. The summed E-state index contributed by atoms with van der Waals surface area (Å²) >= 11 is 3.42. The molecule has 0 saturated heterocycles. The van der Waals surface area contributed by atoms with Crippen LogP contribution in [0.1, 0.15) is 12.5 Å². The molecule has 0 fully saturated rings. The number of benzene rings is 1. The van der Waals surface area contributed by atoms with Gasteiger partial charge in [-0.3, -0.25) is 0 Å². The molecule has 0 saturated carbocycles. The van der Waals surface area contributed by atoms with Crippen molar-refractivity contribution < 1.29 is 14.6 Å². The minimum Gasteiger partial charge on any atom is -0.389 e. The fourth-order valence-corrected chi connectivity index (χ4v) is 2.15. The lowest BCUT2D eigenvalue weighted by molar-refractivity contribution is -0.0282. The number of nitrogens with one attached hydrogen (secondary N) is 1. The van der Waals surface area contributed by atoms with Gasteiger partial charge in [0.05, 0.1) is 25.4 Å². The normalized spacial score (nSPS) is 14.2. The molecule has 19 heavy (non-hydrogen) atoms. The number of anilines is 1. The molecule has 0 spiro atoms. The number of hydrogen-bond acceptors (Lipinski definition) is 4. The highest BCUT2D eigenvalue weighted by atomic mass is 79.9. The Morgan fingerprint density at radius 1 is 1.37 bits per heavy atom. The van der Waals surface area contributed by atoms with Crippen LogP contribution < -0.4 is 5.32 Å². The van der Waals surface area contributed by atoms with Crippen LogP contribution in [0.2, 0.25) is 0 Å². The van der Waals surface area contributed by atoms with E-state index in [2.05, 4.69) is 21.2 Å². The molecule has 0 radical (unpaired) electrons. The molecule has 1 aromatic rings. The van der Waals surface area contributed by atoms with Gasteiger partial charge >= 0.3 is 0 Å². The van der Waals surface area contributed by atoms with E-state index in [9.17, 15) is 5.11 Å². The van der Waals surface area contributed by atoms with Crippen molar-refractivity contribution in [1.82, 2.24) is 0 Å². The highest BCUT2D eigenvalue weighted by molar-refractivity contribution is 9.10. The zero-order valence-electron chi connectivity index (χ0n) is 11.6. The number of methoxy groups -OCH3 is 1. The Balaban J connectivity index is 2.31. The number of aryl methyl sites for hydroxylation is 1. The van der Waals surface area contributed by atoms with Crippen molar-refractivity contribution in [2.75, 3.05) is 32.2 Å². The minimum atomic E-state index is -0.539. The summed E-state index contributed by atoms with van der Waals surface area (Å²) < 4.78 is 11.5. The van der Waals surface area contributed by atoms with Gasteiger partial charge in [0.25, 0.3) is 0 Å². The smallest absolute Gasteiger partial charge is 0.0945 e. The first kappa shape index (κ1) is 16.4. The fourth-order valence-electron chi connectivity index (χ4n) is 1.67. The van der Waals surface area contributed by atoms with Gasteiger partial charge in [0.15, 0.2) is 0 Å². The molecular weight excluding hydrogens is 310 g/mol. The Kier molecular flexibility index (Phi) is 7.38. The Hall–Kier alpha value is -0.620. The van der Waals surface area contributed by atoms with Gasteiger partial charge in [-0.05, 0) is 37.6 Å². The summed E-state index contributed by atoms with van der Waals surface area (Å²) in [4.78, 5) is 0. The van der Waals surface area contributed by atoms with Crippen LogP contribution in [0.3, 0.4) is 0 Å². The van der Waals surface area contributed by atoms with E-state index in [1.54, 1.807) is 7.11 Å². The van der Waals surface area contributed by atoms with Crippen LogP contribution in [0.25, 0.3) is 0 Å². The quantitative estimate of drug-likeness (QED) is 0.768. The van der Waals surface area contributed by atoms with Crippen molar-refractivity contribution >= 4 is 21.6 Å². The molecule has 108 valence electrons. The van der Waals surface area contributed by atoms with Crippen LogP contribution in [-0.4, -0.2) is 44.2 Å². The van der Waals surface area contributed by atoms with E-state index in [0.29, 0.717) is 19.8 Å². The summed E-state index contributed by atoms with van der Waals surface area (Å²) in [7, 11) is 1.63. The van der Waals surface area contributed by atoms with Gasteiger partial charge in [-0.25, -0.2) is 0 Å². The topological polar surface area (TPSA) is 50.7 Å². The highest BCUT2D eigenvalue weighted by Crippen LogP contribution is 2.19. The molecular formula is C14H22BrNO3. The SMILES string of the molecule is COCC(C)OCC(O)CNc1ccc(Br)cc1C. The highest BCUT2D eigenvalue weighted by Gasteiger charge is 2.08. The Morgan fingerprint density at radius 2 is 2.11 bits per heavy atom. The molecule has 0 amide bonds. The van der Waals surface area contributed by atoms with Crippen LogP contribution in [0.4, 0.5) is 5.69 Å². The molecule has 0 aliphatic carbocycles. The summed E-state index contributed by atoms with van der Waals surface area (Å²) in [5, 5.41) is 13.0. The van der Waals surface area contributed by atoms with Crippen LogP contribution in [0, 0.1) is 6.92 Å². The molecule has 2 atom stereocenters. The maximum Gasteiger partial charge on any atom is 0.0945 e. The zero-order chi connectivity index (χ0) is 14.3. The zero-order valence-corrected chi connectivity index (χ0v) is 13.2. The van der Waals surface area contributed by atoms with Crippen molar-refractivity contribution in [3.63, 3.8) is 0 Å². The fraction of sp³-hybridized carbons (Fsp3) is 0.571. The van der Waals surface area contributed by atoms with Gasteiger partial charge in [0.1, 0.15) is 0 Å². The molecule has 4 nitrogen and oxygen atoms in total. The number of ether oxygens (including phenoxy) is 2. The van der Waals surface area contributed by atoms with E-state index in [1.807, 2.05) is 32.0 Å². The molecule has 1 rings (SSSR count). The summed E-state index contributed by atoms with van der Waals surface area (Å²) in [6.07, 6.45) is -0.545. The molecule has 5 heteroatoms. The summed E-state index contributed by atoms with van der Waals surface area (Å²) in [6.45, 7) is 5.24. The molecule has 1 aromatic carbocycles. The lowest BCUT2D eigenvalue weighted by Gasteiger charge is -2.17. The monoisotopic (exact) mass is 331 g/mol. The molecule has 0 aromatic heterocycles. The lowest BCUT2D eigenvalue weighted by atomic mass is 10.2. The number of aliphatic hydroxyl groups is 1. The minimum absolute atomic E-state index is 0.00549. The summed E-state index contributed by atoms with van der Waals surface area (Å²) in [6, 6.07) is 5.99. The first-order valence-corrected chi connectivity index (χ1v) is 7.11. The third kappa shape index (κ3) is 6.38. The second-order valence-electron chi connectivity index (χ2n) is 4.59. The van der Waals surface area contributed by atoms with Gasteiger partial charge in [-0.15, -0.1) is 0 Å². The van der Waals surface area contributed by atoms with Crippen LogP contribution >= 0.6 is 15.9 Å². The van der Waals surface area contributed by atoms with E-state index >= 15 is 0 Å². The van der Waals surface area contributed by atoms with Gasteiger partial charge in [0, 0.05) is 23.8 Å². The van der Waals surface area contributed by atoms with Crippen LogP contribution in [0.15, 0.2) is 22.7 Å². The number of rotatable bonds is 8. The van der Waals surface area contributed by atoms with Crippen molar-refractivity contribution in [2.45, 2.75) is 26.1 Å². The van der Waals surface area contributed by atoms with Crippen LogP contribution in [0.5, 0.6) is 0 Å². The Bertz CT molecular complexity index is 387. The maximum atomic E-state index is 9.84. The third-order valence-corrected chi connectivity index (χ3v) is 3.18. The maximum absolute atomic E-state index is 9.84. The van der Waals surface area contributed by atoms with Gasteiger partial charge in [0.2, 0.25) is 0 Å². The molecule has 0 aliphatic heterocycles. The standard InChI is InChI=1S/C14H22BrNO3/c1-10-6-12(15)4-5-14(10)16-7-13(17)9-19-11(2)8-18-3/h4-6,11,13,16-17H,7-9H2,1-3H3. The van der Waals surface area contributed by atoms with Crippen molar-refractivity contribution in [2.24, 2.45) is 0 Å². The van der Waals surface area contributed by atoms with E-state index in [4.69, 9.17) is 9.47 Å². The first-order valence-electron chi connectivity index (χ1n) is 6.31. The summed E-state index contributed by atoms with van der Waals surface area (Å²) in [5.41, 5.74) is 2.16. The van der Waals surface area contributed by atoms with Gasteiger partial charge in [-0.1, -0.05) is 15.9 Å². The number of aliphatic hydroxyl groups excluding tert-OH is 1. The van der Waals surface area contributed by atoms with Crippen molar-refractivity contribution in [3.8, 4) is 0 Å². The molecule has 0 bridgehead atoms. The molecule has 2 unspecified atom stereocenters. The van der Waals surface area contributed by atoms with E-state index in [1.165, 1.54) is 0 Å². The average Bonchev–Trinajstić information content (AvgIpc) is 2.35. The van der Waals surface area contributed by atoms with E-state index < -0.39 is 6.10 Å². The molecule has 2 N–H and O–H groups in total. The van der Waals surface area contributed by atoms with Gasteiger partial charge in [-0.2, -0.15) is 0 Å². The Morgan fingerprint density at radius 3 is 2.74 bits per heavy atom. The number of halogens is 1. The number of hydrogen-bond donors (Lipinski definition) is 2. The largest absolute Gasteiger partial charge is 0.389 e. The predicted octanol–water partition coefficient (Wildman–Crippen LogP) is 2.58. The lowest BCUT2D eigenvalue weighted by Crippen LogP contribution is -2.28. The van der Waals surface area contributed by atoms with Crippen LogP contribution in [-0.2, 0) is 9.47 Å². The molecule has 0 heterocycles. The van der Waals surface area contributed by atoms with Gasteiger partial charge < -0.3 is 19.9 Å². The first-order chi connectivity index (χ1) is 9.02. The second-order valence-corrected chi connectivity index (χ2v) is 5.51. The molecule has 0 aliphatic rings. The average molecular weight is 332 g/mol.